The predicted octanol–water partition coefficient (Wildman–Crippen LogP) is 3.37. The summed E-state index contributed by atoms with van der Waals surface area (Å²) in [5.74, 6) is 0.462. The maximum absolute atomic E-state index is 13.9. The van der Waals surface area contributed by atoms with Crippen molar-refractivity contribution in [2.24, 2.45) is 5.92 Å². The normalized spacial score (nSPS) is 29.5. The molecule has 1 fully saturated rings. The summed E-state index contributed by atoms with van der Waals surface area (Å²) in [4.78, 5) is 2.12. The van der Waals surface area contributed by atoms with Crippen LogP contribution in [0, 0.1) is 11.7 Å². The molecule has 106 valence electrons. The molecule has 0 saturated heterocycles. The third kappa shape index (κ3) is 3.15. The van der Waals surface area contributed by atoms with Gasteiger partial charge in [-0.15, -0.1) is 0 Å². The van der Waals surface area contributed by atoms with Crippen LogP contribution in [0.4, 0.5) is 4.39 Å². The van der Waals surface area contributed by atoms with E-state index in [1.807, 2.05) is 26.1 Å². The molecule has 0 bridgehead atoms. The molecule has 0 spiro atoms. The number of benzene rings is 1. The number of nitrogens with zero attached hydrogens (tertiary/aromatic N) is 1. The van der Waals surface area contributed by atoms with E-state index in [0.717, 1.165) is 19.3 Å². The van der Waals surface area contributed by atoms with Crippen molar-refractivity contribution in [3.05, 3.63) is 35.6 Å². The third-order valence-electron chi connectivity index (χ3n) is 4.53. The Labute approximate surface area is 115 Å². The number of halogens is 1. The lowest BCUT2D eigenvalue weighted by atomic mass is 9.83. The van der Waals surface area contributed by atoms with Gasteiger partial charge in [-0.3, -0.25) is 4.90 Å². The van der Waals surface area contributed by atoms with Gasteiger partial charge < -0.3 is 5.11 Å². The Balaban J connectivity index is 2.14. The zero-order valence-corrected chi connectivity index (χ0v) is 12.0. The Bertz CT molecular complexity index is 423. The highest BCUT2D eigenvalue weighted by molar-refractivity contribution is 5.21. The smallest absolute Gasteiger partial charge is 0.127 e. The van der Waals surface area contributed by atoms with Crippen LogP contribution < -0.4 is 0 Å². The van der Waals surface area contributed by atoms with Crippen molar-refractivity contribution >= 4 is 0 Å². The topological polar surface area (TPSA) is 23.5 Å². The van der Waals surface area contributed by atoms with Crippen LogP contribution in [0.2, 0.25) is 0 Å². The monoisotopic (exact) mass is 265 g/mol. The summed E-state index contributed by atoms with van der Waals surface area (Å²) in [5, 5.41) is 10.2. The fourth-order valence-corrected chi connectivity index (χ4v) is 3.09. The largest absolute Gasteiger partial charge is 0.391 e. The van der Waals surface area contributed by atoms with Gasteiger partial charge >= 0.3 is 0 Å². The zero-order valence-electron chi connectivity index (χ0n) is 12.0. The highest BCUT2D eigenvalue weighted by atomic mass is 19.1. The molecule has 1 aromatic carbocycles. The van der Waals surface area contributed by atoms with Gasteiger partial charge in [0.25, 0.3) is 0 Å². The van der Waals surface area contributed by atoms with Gasteiger partial charge in [0.1, 0.15) is 5.82 Å². The maximum Gasteiger partial charge on any atom is 0.127 e. The predicted molar refractivity (Wildman–Crippen MR) is 75.4 cm³/mol. The van der Waals surface area contributed by atoms with Crippen molar-refractivity contribution in [1.82, 2.24) is 4.90 Å². The second kappa shape index (κ2) is 6.02. The summed E-state index contributed by atoms with van der Waals surface area (Å²) in [6, 6.07) is 7.00. The molecule has 4 atom stereocenters. The SMILES string of the molecule is CC1CCC(O)C(N(C)C(C)c2ccccc2F)C1. The molecule has 0 heterocycles. The first kappa shape index (κ1) is 14.5. The first-order chi connectivity index (χ1) is 9.00. The molecule has 1 saturated carbocycles. The van der Waals surface area contributed by atoms with Crippen molar-refractivity contribution < 1.29 is 9.50 Å². The van der Waals surface area contributed by atoms with E-state index in [9.17, 15) is 9.50 Å². The van der Waals surface area contributed by atoms with E-state index in [1.54, 1.807) is 6.07 Å². The summed E-state index contributed by atoms with van der Waals surface area (Å²) in [6.45, 7) is 4.23. The van der Waals surface area contributed by atoms with Gasteiger partial charge in [0.2, 0.25) is 0 Å². The quantitative estimate of drug-likeness (QED) is 0.905. The Morgan fingerprint density at radius 1 is 1.32 bits per heavy atom. The molecule has 2 rings (SSSR count). The van der Waals surface area contributed by atoms with Crippen molar-refractivity contribution in [1.29, 1.82) is 0 Å². The third-order valence-corrected chi connectivity index (χ3v) is 4.53. The van der Waals surface area contributed by atoms with Crippen LogP contribution in [0.15, 0.2) is 24.3 Å². The number of hydrogen-bond acceptors (Lipinski definition) is 2. The first-order valence-corrected chi connectivity index (χ1v) is 7.15. The molecule has 2 nitrogen and oxygen atoms in total. The van der Waals surface area contributed by atoms with Gasteiger partial charge in [-0.05, 0) is 45.2 Å². The summed E-state index contributed by atoms with van der Waals surface area (Å²) in [7, 11) is 1.99. The van der Waals surface area contributed by atoms with E-state index in [-0.39, 0.29) is 24.0 Å². The molecule has 4 unspecified atom stereocenters. The number of likely N-dealkylation sites (N-methyl/N-ethyl adjacent to an activating group) is 1. The molecule has 1 aliphatic rings. The molecular formula is C16H24FNO. The van der Waals surface area contributed by atoms with Crippen LogP contribution in [0.5, 0.6) is 0 Å². The minimum Gasteiger partial charge on any atom is -0.391 e. The lowest BCUT2D eigenvalue weighted by Crippen LogP contribution is -2.46. The van der Waals surface area contributed by atoms with E-state index in [0.29, 0.717) is 11.5 Å². The van der Waals surface area contributed by atoms with Crippen LogP contribution in [-0.2, 0) is 0 Å². The molecule has 0 amide bonds. The number of aliphatic hydroxyl groups excluding tert-OH is 1. The Morgan fingerprint density at radius 3 is 2.68 bits per heavy atom. The summed E-state index contributed by atoms with van der Waals surface area (Å²) >= 11 is 0. The minimum absolute atomic E-state index is 0.0221. The van der Waals surface area contributed by atoms with Crippen LogP contribution in [0.25, 0.3) is 0 Å². The highest BCUT2D eigenvalue weighted by Gasteiger charge is 2.32. The van der Waals surface area contributed by atoms with Gasteiger partial charge in [0.15, 0.2) is 0 Å². The van der Waals surface area contributed by atoms with E-state index in [2.05, 4.69) is 11.8 Å². The molecule has 0 aromatic heterocycles. The number of aliphatic hydroxyl groups is 1. The molecule has 0 radical (unpaired) electrons. The lowest BCUT2D eigenvalue weighted by Gasteiger charge is -2.41. The van der Waals surface area contributed by atoms with Crippen molar-refractivity contribution in [2.45, 2.75) is 51.3 Å². The van der Waals surface area contributed by atoms with Gasteiger partial charge in [0.05, 0.1) is 6.10 Å². The fraction of sp³-hybridized carbons (Fsp3) is 0.625. The lowest BCUT2D eigenvalue weighted by molar-refractivity contribution is 0.00113. The summed E-state index contributed by atoms with van der Waals surface area (Å²) < 4.78 is 13.9. The molecule has 19 heavy (non-hydrogen) atoms. The van der Waals surface area contributed by atoms with Gasteiger partial charge in [-0.1, -0.05) is 25.1 Å². The van der Waals surface area contributed by atoms with Crippen LogP contribution in [0.1, 0.15) is 44.7 Å². The van der Waals surface area contributed by atoms with E-state index in [4.69, 9.17) is 0 Å². The standard InChI is InChI=1S/C16H24FNO/c1-11-8-9-16(19)15(10-11)18(3)12(2)13-6-4-5-7-14(13)17/h4-7,11-12,15-16,19H,8-10H2,1-3H3. The number of hydrogen-bond donors (Lipinski definition) is 1. The molecule has 3 heteroatoms. The molecular weight excluding hydrogens is 241 g/mol. The van der Waals surface area contributed by atoms with Crippen molar-refractivity contribution in [3.8, 4) is 0 Å². The van der Waals surface area contributed by atoms with Crippen LogP contribution >= 0.6 is 0 Å². The number of rotatable bonds is 3. The van der Waals surface area contributed by atoms with E-state index >= 15 is 0 Å². The van der Waals surface area contributed by atoms with Gasteiger partial charge in [0, 0.05) is 17.6 Å². The van der Waals surface area contributed by atoms with E-state index in [1.165, 1.54) is 6.07 Å². The molecule has 0 aliphatic heterocycles. The molecule has 1 N–H and O–H groups in total. The second-order valence-electron chi connectivity index (χ2n) is 5.92. The Morgan fingerprint density at radius 2 is 2.00 bits per heavy atom. The van der Waals surface area contributed by atoms with Crippen LogP contribution in [0.3, 0.4) is 0 Å². The van der Waals surface area contributed by atoms with Crippen LogP contribution in [-0.4, -0.2) is 29.2 Å². The molecule has 1 aromatic rings. The first-order valence-electron chi connectivity index (χ1n) is 7.15. The average Bonchev–Trinajstić information content (AvgIpc) is 2.40. The summed E-state index contributed by atoms with van der Waals surface area (Å²) in [6.07, 6.45) is 2.62. The average molecular weight is 265 g/mol. The van der Waals surface area contributed by atoms with Gasteiger partial charge in [-0.25, -0.2) is 4.39 Å². The fourth-order valence-electron chi connectivity index (χ4n) is 3.09. The Kier molecular flexibility index (Phi) is 4.58. The molecule has 1 aliphatic carbocycles. The van der Waals surface area contributed by atoms with Crippen molar-refractivity contribution in [2.75, 3.05) is 7.05 Å². The van der Waals surface area contributed by atoms with E-state index < -0.39 is 0 Å². The van der Waals surface area contributed by atoms with Crippen molar-refractivity contribution in [3.63, 3.8) is 0 Å². The Hall–Kier alpha value is -0.930. The minimum atomic E-state index is -0.296. The van der Waals surface area contributed by atoms with Gasteiger partial charge in [-0.2, -0.15) is 0 Å². The zero-order chi connectivity index (χ0) is 14.0. The highest BCUT2D eigenvalue weighted by Crippen LogP contribution is 2.32. The second-order valence-corrected chi connectivity index (χ2v) is 5.92. The summed E-state index contributed by atoms with van der Waals surface area (Å²) in [5.41, 5.74) is 0.704. The maximum atomic E-state index is 13.9.